The molecule has 2 aromatic carbocycles. The zero-order chi connectivity index (χ0) is 33.5. The minimum atomic E-state index is -1.28. The molecule has 47 heavy (non-hydrogen) atoms. The highest BCUT2D eigenvalue weighted by Gasteiger charge is 2.60. The van der Waals surface area contributed by atoms with E-state index in [2.05, 4.69) is 20.8 Å². The maximum atomic E-state index is 14.6. The van der Waals surface area contributed by atoms with Crippen molar-refractivity contribution in [3.63, 3.8) is 0 Å². The highest BCUT2D eigenvalue weighted by molar-refractivity contribution is 5.94. The molecule has 0 radical (unpaired) electrons. The van der Waals surface area contributed by atoms with Gasteiger partial charge in [-0.3, -0.25) is 19.2 Å². The van der Waals surface area contributed by atoms with Gasteiger partial charge in [0.15, 0.2) is 5.76 Å². The first-order valence-corrected chi connectivity index (χ1v) is 16.3. The molecule has 3 amide bonds. The van der Waals surface area contributed by atoms with Crippen LogP contribution in [0.25, 0.3) is 10.8 Å². The lowest BCUT2D eigenvalue weighted by Crippen LogP contribution is -2.61. The van der Waals surface area contributed by atoms with Crippen LogP contribution in [0.5, 0.6) is 0 Å². The van der Waals surface area contributed by atoms with Crippen molar-refractivity contribution in [2.45, 2.75) is 59.3 Å². The fraction of sp³-hybridized carbons (Fsp3) is 0.459. The number of piperidine rings is 1. The molecule has 10 nitrogen and oxygen atoms in total. The monoisotopic (exact) mass is 641 g/mol. The third kappa shape index (κ3) is 5.95. The van der Waals surface area contributed by atoms with Crippen LogP contribution in [0.1, 0.15) is 56.7 Å². The summed E-state index contributed by atoms with van der Waals surface area (Å²) in [5, 5.41) is 2.06. The molecule has 0 saturated carbocycles. The highest BCUT2D eigenvalue weighted by atomic mass is 16.5. The van der Waals surface area contributed by atoms with E-state index < -0.39 is 23.4 Å². The Morgan fingerprint density at radius 1 is 0.957 bits per heavy atom. The van der Waals surface area contributed by atoms with Gasteiger partial charge in [-0.15, -0.1) is 0 Å². The number of benzene rings is 2. The van der Waals surface area contributed by atoms with Gasteiger partial charge in [0, 0.05) is 44.2 Å². The van der Waals surface area contributed by atoms with Gasteiger partial charge in [0.05, 0.1) is 32.1 Å². The molecule has 4 heterocycles. The summed E-state index contributed by atoms with van der Waals surface area (Å²) in [4.78, 5) is 60.1. The van der Waals surface area contributed by atoms with Crippen LogP contribution in [-0.2, 0) is 30.4 Å². The molecule has 0 aliphatic carbocycles. The third-order valence-corrected chi connectivity index (χ3v) is 9.97. The van der Waals surface area contributed by atoms with Crippen molar-refractivity contribution >= 4 is 34.5 Å². The third-order valence-electron chi connectivity index (χ3n) is 9.97. The number of methoxy groups -OCH3 is 1. The number of carbonyl (C=O) groups is 4. The number of esters is 1. The van der Waals surface area contributed by atoms with E-state index in [1.165, 1.54) is 13.4 Å². The van der Waals surface area contributed by atoms with Gasteiger partial charge in [0.25, 0.3) is 5.91 Å². The van der Waals surface area contributed by atoms with Crippen LogP contribution in [0.3, 0.4) is 0 Å². The van der Waals surface area contributed by atoms with E-state index in [9.17, 15) is 19.2 Å². The predicted octanol–water partition coefficient (Wildman–Crippen LogP) is 5.03. The van der Waals surface area contributed by atoms with Gasteiger partial charge in [-0.05, 0) is 53.3 Å². The number of furan rings is 1. The smallest absolute Gasteiger partial charge is 0.320 e. The van der Waals surface area contributed by atoms with Crippen molar-refractivity contribution in [3.8, 4) is 0 Å². The molecular formula is C37H43N3O7. The first kappa shape index (κ1) is 32.5. The summed E-state index contributed by atoms with van der Waals surface area (Å²) in [6.45, 7) is 9.68. The van der Waals surface area contributed by atoms with Gasteiger partial charge in [-0.1, -0.05) is 63.2 Å². The minimum Gasteiger partial charge on any atom is -0.468 e. The lowest BCUT2D eigenvalue weighted by Gasteiger charge is -2.53. The van der Waals surface area contributed by atoms with Gasteiger partial charge in [0.2, 0.25) is 11.8 Å². The Kier molecular flexibility index (Phi) is 8.74. The molecular weight excluding hydrogens is 598 g/mol. The minimum absolute atomic E-state index is 0.0710. The number of piperazine rings is 1. The van der Waals surface area contributed by atoms with E-state index in [-0.39, 0.29) is 54.4 Å². The maximum absolute atomic E-state index is 14.6. The van der Waals surface area contributed by atoms with Crippen LogP contribution in [0, 0.1) is 16.7 Å². The number of hydrogen-bond acceptors (Lipinski definition) is 7. The van der Waals surface area contributed by atoms with E-state index in [1.807, 2.05) is 55.5 Å². The fourth-order valence-electron chi connectivity index (χ4n) is 7.26. The van der Waals surface area contributed by atoms with Crippen LogP contribution in [-0.4, -0.2) is 83.9 Å². The van der Waals surface area contributed by atoms with E-state index in [1.54, 1.807) is 26.8 Å². The Hall–Kier alpha value is -4.44. The summed E-state index contributed by atoms with van der Waals surface area (Å²) in [7, 11) is 1.35. The molecule has 1 aromatic heterocycles. The summed E-state index contributed by atoms with van der Waals surface area (Å²) in [6.07, 6.45) is 2.44. The number of nitrogens with zero attached hydrogens (tertiary/aromatic N) is 3. The average molecular weight is 642 g/mol. The fourth-order valence-corrected chi connectivity index (χ4v) is 7.26. The number of carbonyl (C=O) groups excluding carboxylic acids is 4. The molecule has 0 unspecified atom stereocenters. The van der Waals surface area contributed by atoms with Crippen molar-refractivity contribution < 1.29 is 33.1 Å². The van der Waals surface area contributed by atoms with Crippen molar-refractivity contribution in [2.24, 2.45) is 16.7 Å². The number of amides is 3. The topological polar surface area (TPSA) is 110 Å². The maximum Gasteiger partial charge on any atom is 0.320 e. The molecule has 248 valence electrons. The Bertz CT molecular complexity index is 1690. The standard InChI is InChI=1S/C37H43N3O7/c1-24-37(35(44)45-5)22-27(20-32(41)38-15-17-39(18-16-38)34(43)29-14-9-19-46-29)33(42)40(30(37)21-31(47-24)36(2,3)4)23-26-12-8-11-25-10-6-7-13-28(25)26/h6-14,19,21,24,27,31H,15-18,20,22-23H2,1-5H3/t24-,27+,31-,37+/m1/s1. The molecule has 3 aromatic rings. The molecule has 6 rings (SSSR count). The van der Waals surface area contributed by atoms with E-state index >= 15 is 0 Å². The molecule has 0 spiro atoms. The van der Waals surface area contributed by atoms with Crippen LogP contribution < -0.4 is 0 Å². The molecule has 4 atom stereocenters. The number of likely N-dealkylation sites (tertiary alicyclic amines) is 1. The Labute approximate surface area is 275 Å². The average Bonchev–Trinajstić information content (AvgIpc) is 3.61. The summed E-state index contributed by atoms with van der Waals surface area (Å²) < 4.78 is 17.2. The molecule has 0 N–H and O–H groups in total. The number of ether oxygens (including phenoxy) is 2. The molecule has 2 fully saturated rings. The van der Waals surface area contributed by atoms with Gasteiger partial charge >= 0.3 is 5.97 Å². The lowest BCUT2D eigenvalue weighted by molar-refractivity contribution is -0.180. The Morgan fingerprint density at radius 2 is 1.66 bits per heavy atom. The number of fused-ring (bicyclic) bond motifs is 2. The highest BCUT2D eigenvalue weighted by Crippen LogP contribution is 2.52. The van der Waals surface area contributed by atoms with Gasteiger partial charge in [-0.2, -0.15) is 0 Å². The largest absolute Gasteiger partial charge is 0.468 e. The van der Waals surface area contributed by atoms with E-state index in [0.717, 1.165) is 16.3 Å². The van der Waals surface area contributed by atoms with Crippen molar-refractivity contribution in [2.75, 3.05) is 33.3 Å². The quantitative estimate of drug-likeness (QED) is 0.347. The predicted molar refractivity (Wildman–Crippen MR) is 175 cm³/mol. The van der Waals surface area contributed by atoms with E-state index in [0.29, 0.717) is 31.9 Å². The van der Waals surface area contributed by atoms with Crippen molar-refractivity contribution in [1.82, 2.24) is 14.7 Å². The number of hydrogen-bond donors (Lipinski definition) is 0. The first-order chi connectivity index (χ1) is 22.4. The zero-order valence-corrected chi connectivity index (χ0v) is 27.7. The second kappa shape index (κ2) is 12.6. The SMILES string of the molecule is COC(=O)[C@]12C[C@H](CC(=O)N3CCN(C(=O)c4ccco4)CC3)C(=O)N(Cc3cccc4ccccc34)C1=C[C@H](C(C)(C)C)O[C@@H]2C. The van der Waals surface area contributed by atoms with Crippen LogP contribution in [0.2, 0.25) is 0 Å². The lowest BCUT2D eigenvalue weighted by atomic mass is 9.65. The second-order valence-corrected chi connectivity index (χ2v) is 13.9. The molecule has 0 bridgehead atoms. The molecule has 2 saturated heterocycles. The second-order valence-electron chi connectivity index (χ2n) is 13.9. The summed E-state index contributed by atoms with van der Waals surface area (Å²) >= 11 is 0. The Balaban J connectivity index is 1.32. The van der Waals surface area contributed by atoms with Gasteiger partial charge in [-0.25, -0.2) is 0 Å². The van der Waals surface area contributed by atoms with Gasteiger partial charge < -0.3 is 28.6 Å². The normalized spacial score (nSPS) is 25.0. The van der Waals surface area contributed by atoms with Crippen LogP contribution in [0.4, 0.5) is 0 Å². The van der Waals surface area contributed by atoms with Crippen LogP contribution in [0.15, 0.2) is 77.1 Å². The summed E-state index contributed by atoms with van der Waals surface area (Å²) in [6, 6.07) is 17.3. The zero-order valence-electron chi connectivity index (χ0n) is 27.7. The Morgan fingerprint density at radius 3 is 2.34 bits per heavy atom. The molecule has 3 aliphatic rings. The molecule has 10 heteroatoms. The van der Waals surface area contributed by atoms with Crippen molar-refractivity contribution in [1.29, 1.82) is 0 Å². The molecule has 3 aliphatic heterocycles. The van der Waals surface area contributed by atoms with Gasteiger partial charge in [0.1, 0.15) is 5.41 Å². The van der Waals surface area contributed by atoms with Crippen molar-refractivity contribution in [3.05, 3.63) is 84.0 Å². The number of rotatable bonds is 6. The van der Waals surface area contributed by atoms with E-state index in [4.69, 9.17) is 13.9 Å². The van der Waals surface area contributed by atoms with Crippen LogP contribution >= 0.6 is 0 Å². The summed E-state index contributed by atoms with van der Waals surface area (Å²) in [5.41, 5.74) is -0.0689. The summed E-state index contributed by atoms with van der Waals surface area (Å²) in [5.74, 6) is -1.62. The first-order valence-electron chi connectivity index (χ1n) is 16.3.